The molecule has 1 aliphatic heterocycles. The standard InChI is InChI=1S/C23H19N3O5/c1-14-7-3-5-9-18(14)26-22(29)17(21(28)24-23(26)30)11-15-12-25(13-20(27)31-2)19-10-6-4-8-16(15)19/h3-12H,13H2,1-2H3,(H,24,28,30)/b17-11+. The van der Waals surface area contributed by atoms with E-state index in [2.05, 4.69) is 5.32 Å². The van der Waals surface area contributed by atoms with Crippen LogP contribution in [-0.2, 0) is 25.7 Å². The topological polar surface area (TPSA) is 97.7 Å². The number of barbiturate groups is 1. The molecule has 1 aromatic heterocycles. The Labute approximate surface area is 177 Å². The van der Waals surface area contributed by atoms with Gasteiger partial charge in [0.15, 0.2) is 0 Å². The summed E-state index contributed by atoms with van der Waals surface area (Å²) in [5, 5.41) is 2.98. The number of para-hydroxylation sites is 2. The van der Waals surface area contributed by atoms with Gasteiger partial charge in [0.05, 0.1) is 12.8 Å². The van der Waals surface area contributed by atoms with E-state index in [9.17, 15) is 19.2 Å². The summed E-state index contributed by atoms with van der Waals surface area (Å²) in [5.41, 5.74) is 2.25. The van der Waals surface area contributed by atoms with Crippen molar-refractivity contribution in [2.75, 3.05) is 12.0 Å². The molecule has 8 heteroatoms. The molecule has 1 fully saturated rings. The van der Waals surface area contributed by atoms with E-state index in [4.69, 9.17) is 4.74 Å². The molecule has 8 nitrogen and oxygen atoms in total. The first-order chi connectivity index (χ1) is 14.9. The van der Waals surface area contributed by atoms with Gasteiger partial charge in [-0.25, -0.2) is 9.69 Å². The molecular weight excluding hydrogens is 398 g/mol. The number of urea groups is 1. The summed E-state index contributed by atoms with van der Waals surface area (Å²) in [5.74, 6) is -1.92. The molecule has 0 radical (unpaired) electrons. The molecule has 1 N–H and O–H groups in total. The quantitative estimate of drug-likeness (QED) is 0.400. The molecule has 2 aromatic carbocycles. The molecule has 156 valence electrons. The molecule has 4 rings (SSSR count). The summed E-state index contributed by atoms with van der Waals surface area (Å²) in [4.78, 5) is 50.8. The molecule has 1 aliphatic rings. The molecule has 0 bridgehead atoms. The number of amides is 4. The number of rotatable bonds is 4. The lowest BCUT2D eigenvalue weighted by Crippen LogP contribution is -2.54. The van der Waals surface area contributed by atoms with E-state index < -0.39 is 23.8 Å². The second-order valence-corrected chi connectivity index (χ2v) is 7.05. The van der Waals surface area contributed by atoms with E-state index in [-0.39, 0.29) is 12.1 Å². The number of ether oxygens (including phenoxy) is 1. The summed E-state index contributed by atoms with van der Waals surface area (Å²) in [7, 11) is 1.30. The third-order valence-electron chi connectivity index (χ3n) is 5.10. The number of methoxy groups -OCH3 is 1. The predicted molar refractivity (Wildman–Crippen MR) is 114 cm³/mol. The summed E-state index contributed by atoms with van der Waals surface area (Å²) in [6.45, 7) is 1.75. The zero-order valence-electron chi connectivity index (χ0n) is 16.9. The van der Waals surface area contributed by atoms with Gasteiger partial charge in [0.2, 0.25) is 0 Å². The number of nitrogens with zero attached hydrogens (tertiary/aromatic N) is 2. The van der Waals surface area contributed by atoms with E-state index in [1.54, 1.807) is 42.0 Å². The van der Waals surface area contributed by atoms with E-state index in [0.29, 0.717) is 11.3 Å². The number of fused-ring (bicyclic) bond motifs is 1. The minimum atomic E-state index is -0.797. The smallest absolute Gasteiger partial charge is 0.335 e. The van der Waals surface area contributed by atoms with Crippen LogP contribution in [0.25, 0.3) is 17.0 Å². The number of aryl methyl sites for hydroxylation is 1. The molecule has 0 atom stereocenters. The summed E-state index contributed by atoms with van der Waals surface area (Å²) >= 11 is 0. The predicted octanol–water partition coefficient (Wildman–Crippen LogP) is 2.79. The number of carbonyl (C=O) groups is 4. The summed E-state index contributed by atoms with van der Waals surface area (Å²) < 4.78 is 6.43. The van der Waals surface area contributed by atoms with Crippen LogP contribution in [0.2, 0.25) is 0 Å². The maximum absolute atomic E-state index is 13.2. The molecular formula is C23H19N3O5. The number of imide groups is 2. The van der Waals surface area contributed by atoms with Gasteiger partial charge in [-0.15, -0.1) is 0 Å². The van der Waals surface area contributed by atoms with Gasteiger partial charge in [-0.1, -0.05) is 36.4 Å². The Hall–Kier alpha value is -4.20. The highest BCUT2D eigenvalue weighted by molar-refractivity contribution is 6.39. The van der Waals surface area contributed by atoms with Gasteiger partial charge < -0.3 is 9.30 Å². The Morgan fingerprint density at radius 3 is 2.52 bits per heavy atom. The minimum absolute atomic E-state index is 0.0197. The van der Waals surface area contributed by atoms with Crippen molar-refractivity contribution in [3.05, 3.63) is 71.4 Å². The van der Waals surface area contributed by atoms with Crippen molar-refractivity contribution in [1.82, 2.24) is 9.88 Å². The second-order valence-electron chi connectivity index (χ2n) is 7.05. The number of hydrogen-bond acceptors (Lipinski definition) is 5. The van der Waals surface area contributed by atoms with Crippen molar-refractivity contribution < 1.29 is 23.9 Å². The molecule has 2 heterocycles. The van der Waals surface area contributed by atoms with Crippen LogP contribution in [0.3, 0.4) is 0 Å². The van der Waals surface area contributed by atoms with Crippen molar-refractivity contribution in [3.63, 3.8) is 0 Å². The van der Waals surface area contributed by atoms with Crippen LogP contribution in [0, 0.1) is 6.92 Å². The van der Waals surface area contributed by atoms with Crippen molar-refractivity contribution in [1.29, 1.82) is 0 Å². The van der Waals surface area contributed by atoms with E-state index in [1.807, 2.05) is 24.3 Å². The van der Waals surface area contributed by atoms with Crippen LogP contribution in [0.5, 0.6) is 0 Å². The Kier molecular flexibility index (Phi) is 5.12. The van der Waals surface area contributed by atoms with Crippen LogP contribution < -0.4 is 10.2 Å². The second kappa shape index (κ2) is 7.91. The first-order valence-corrected chi connectivity index (χ1v) is 9.52. The first-order valence-electron chi connectivity index (χ1n) is 9.52. The van der Waals surface area contributed by atoms with Gasteiger partial charge in [0.1, 0.15) is 12.1 Å². The van der Waals surface area contributed by atoms with Crippen molar-refractivity contribution in [3.8, 4) is 0 Å². The van der Waals surface area contributed by atoms with Crippen molar-refractivity contribution in [2.45, 2.75) is 13.5 Å². The van der Waals surface area contributed by atoms with Crippen LogP contribution in [0.1, 0.15) is 11.1 Å². The molecule has 0 unspecified atom stereocenters. The lowest BCUT2D eigenvalue weighted by atomic mass is 10.1. The van der Waals surface area contributed by atoms with Crippen LogP contribution in [0.4, 0.5) is 10.5 Å². The number of anilines is 1. The number of esters is 1. The minimum Gasteiger partial charge on any atom is -0.468 e. The number of nitrogens with one attached hydrogen (secondary N) is 1. The van der Waals surface area contributed by atoms with Gasteiger partial charge in [-0.2, -0.15) is 0 Å². The van der Waals surface area contributed by atoms with Gasteiger partial charge >= 0.3 is 12.0 Å². The monoisotopic (exact) mass is 417 g/mol. The van der Waals surface area contributed by atoms with Crippen molar-refractivity contribution >= 4 is 46.5 Å². The summed E-state index contributed by atoms with van der Waals surface area (Å²) in [6.07, 6.45) is 3.11. The fraction of sp³-hybridized carbons (Fsp3) is 0.130. The van der Waals surface area contributed by atoms with Crippen LogP contribution >= 0.6 is 0 Å². The van der Waals surface area contributed by atoms with E-state index in [1.165, 1.54) is 13.2 Å². The van der Waals surface area contributed by atoms with Crippen LogP contribution in [-0.4, -0.2) is 35.5 Å². The highest BCUT2D eigenvalue weighted by Crippen LogP contribution is 2.28. The molecule has 0 spiro atoms. The highest BCUT2D eigenvalue weighted by atomic mass is 16.5. The SMILES string of the molecule is COC(=O)Cn1cc(/C=C2\C(=O)NC(=O)N(c3ccccc3C)C2=O)c2ccccc21. The van der Waals surface area contributed by atoms with Gasteiger partial charge in [0.25, 0.3) is 11.8 Å². The molecule has 31 heavy (non-hydrogen) atoms. The number of carbonyl (C=O) groups excluding carboxylic acids is 4. The Bertz CT molecular complexity index is 1270. The Morgan fingerprint density at radius 2 is 1.77 bits per heavy atom. The maximum Gasteiger partial charge on any atom is 0.335 e. The van der Waals surface area contributed by atoms with Gasteiger partial charge in [0, 0.05) is 22.7 Å². The zero-order valence-corrected chi connectivity index (χ0v) is 16.9. The van der Waals surface area contributed by atoms with E-state index in [0.717, 1.165) is 21.4 Å². The zero-order chi connectivity index (χ0) is 22.1. The molecule has 1 saturated heterocycles. The molecule has 4 amide bonds. The fourth-order valence-corrected chi connectivity index (χ4v) is 3.57. The number of benzene rings is 2. The van der Waals surface area contributed by atoms with Crippen molar-refractivity contribution in [2.24, 2.45) is 0 Å². The Morgan fingerprint density at radius 1 is 1.06 bits per heavy atom. The fourth-order valence-electron chi connectivity index (χ4n) is 3.57. The molecule has 3 aromatic rings. The normalized spacial score (nSPS) is 15.5. The Balaban J connectivity index is 1.81. The average Bonchev–Trinajstić information content (AvgIpc) is 3.09. The maximum atomic E-state index is 13.2. The molecule has 0 aliphatic carbocycles. The summed E-state index contributed by atoms with van der Waals surface area (Å²) in [6, 6.07) is 13.4. The number of aromatic nitrogens is 1. The number of hydrogen-bond donors (Lipinski definition) is 1. The van der Waals surface area contributed by atoms with Gasteiger partial charge in [-0.3, -0.25) is 19.7 Å². The molecule has 0 saturated carbocycles. The van der Waals surface area contributed by atoms with Gasteiger partial charge in [-0.05, 0) is 30.7 Å². The first kappa shape index (κ1) is 20.1. The average molecular weight is 417 g/mol. The third-order valence-corrected chi connectivity index (χ3v) is 5.10. The third kappa shape index (κ3) is 3.59. The largest absolute Gasteiger partial charge is 0.468 e. The van der Waals surface area contributed by atoms with Crippen LogP contribution in [0.15, 0.2) is 60.3 Å². The highest BCUT2D eigenvalue weighted by Gasteiger charge is 2.37. The lowest BCUT2D eigenvalue weighted by Gasteiger charge is -2.27. The lowest BCUT2D eigenvalue weighted by molar-refractivity contribution is -0.141. The van der Waals surface area contributed by atoms with E-state index >= 15 is 0 Å².